The summed E-state index contributed by atoms with van der Waals surface area (Å²) < 4.78 is 0. The molecule has 17 heavy (non-hydrogen) atoms. The number of imidazole rings is 1. The van der Waals surface area contributed by atoms with Crippen LogP contribution in [-0.2, 0) is 0 Å². The maximum absolute atomic E-state index is 5.68. The molecule has 3 rings (SSSR count). The number of aromatic nitrogens is 4. The first-order valence-electron chi connectivity index (χ1n) is 5.81. The first-order chi connectivity index (χ1) is 8.06. The topological polar surface area (TPSA) is 92.5 Å². The molecule has 1 aliphatic rings. The van der Waals surface area contributed by atoms with Gasteiger partial charge in [0.25, 0.3) is 0 Å². The van der Waals surface area contributed by atoms with Crippen molar-refractivity contribution >= 4 is 22.9 Å². The Morgan fingerprint density at radius 1 is 1.41 bits per heavy atom. The minimum absolute atomic E-state index is 0.0266. The summed E-state index contributed by atoms with van der Waals surface area (Å²) in [6.45, 7) is 4.37. The van der Waals surface area contributed by atoms with E-state index in [4.69, 9.17) is 5.73 Å². The lowest BCUT2D eigenvalue weighted by Gasteiger charge is -2.26. The third kappa shape index (κ3) is 1.79. The van der Waals surface area contributed by atoms with Crippen LogP contribution >= 0.6 is 0 Å². The number of nitrogens with zero attached hydrogens (tertiary/aromatic N) is 3. The van der Waals surface area contributed by atoms with Crippen LogP contribution in [0.2, 0.25) is 0 Å². The lowest BCUT2D eigenvalue weighted by molar-refractivity contribution is 0.493. The van der Waals surface area contributed by atoms with Crippen molar-refractivity contribution in [3.05, 3.63) is 6.33 Å². The first kappa shape index (κ1) is 10.3. The fraction of sp³-hybridized carbons (Fsp3) is 0.545. The SMILES string of the molecule is CC(C)(Nc1nc(N)nc2nc[nH]c12)C1CC1. The second kappa shape index (κ2) is 3.32. The molecule has 2 aromatic heterocycles. The maximum atomic E-state index is 5.68. The molecule has 1 fully saturated rings. The van der Waals surface area contributed by atoms with Crippen molar-refractivity contribution in [2.45, 2.75) is 32.2 Å². The minimum Gasteiger partial charge on any atom is -0.368 e. The molecular weight excluding hydrogens is 216 g/mol. The molecule has 0 saturated heterocycles. The molecule has 0 bridgehead atoms. The van der Waals surface area contributed by atoms with Crippen LogP contribution in [-0.4, -0.2) is 25.5 Å². The summed E-state index contributed by atoms with van der Waals surface area (Å²) in [6, 6.07) is 0. The van der Waals surface area contributed by atoms with E-state index in [1.54, 1.807) is 6.33 Å². The van der Waals surface area contributed by atoms with Crippen molar-refractivity contribution in [1.29, 1.82) is 0 Å². The van der Waals surface area contributed by atoms with E-state index >= 15 is 0 Å². The monoisotopic (exact) mass is 232 g/mol. The standard InChI is InChI=1S/C11H16N6/c1-11(2,6-3-4-6)17-9-7-8(14-5-13-7)15-10(12)16-9/h5-6H,3-4H2,1-2H3,(H4,12,13,14,15,16,17). The van der Waals surface area contributed by atoms with Gasteiger partial charge in [-0.15, -0.1) is 0 Å². The van der Waals surface area contributed by atoms with Gasteiger partial charge in [0.05, 0.1) is 6.33 Å². The van der Waals surface area contributed by atoms with Crippen molar-refractivity contribution in [2.24, 2.45) is 5.92 Å². The number of anilines is 2. The lowest BCUT2D eigenvalue weighted by atomic mass is 9.99. The summed E-state index contributed by atoms with van der Waals surface area (Å²) >= 11 is 0. The Kier molecular flexibility index (Phi) is 2.01. The summed E-state index contributed by atoms with van der Waals surface area (Å²) in [5.41, 5.74) is 7.12. The third-order valence-corrected chi connectivity index (χ3v) is 3.34. The van der Waals surface area contributed by atoms with Crippen LogP contribution in [0.25, 0.3) is 11.2 Å². The van der Waals surface area contributed by atoms with Crippen LogP contribution in [0.5, 0.6) is 0 Å². The fourth-order valence-corrected chi connectivity index (χ4v) is 2.15. The van der Waals surface area contributed by atoms with Crippen LogP contribution in [0.15, 0.2) is 6.33 Å². The van der Waals surface area contributed by atoms with E-state index in [1.807, 2.05) is 0 Å². The van der Waals surface area contributed by atoms with E-state index in [0.717, 1.165) is 11.3 Å². The number of nitrogens with one attached hydrogen (secondary N) is 2. The van der Waals surface area contributed by atoms with Crippen LogP contribution in [0.1, 0.15) is 26.7 Å². The molecular formula is C11H16N6. The van der Waals surface area contributed by atoms with Gasteiger partial charge < -0.3 is 16.0 Å². The zero-order valence-electron chi connectivity index (χ0n) is 9.99. The van der Waals surface area contributed by atoms with Gasteiger partial charge in [-0.25, -0.2) is 4.98 Å². The number of H-pyrrole nitrogens is 1. The third-order valence-electron chi connectivity index (χ3n) is 3.34. The van der Waals surface area contributed by atoms with E-state index in [2.05, 4.69) is 39.1 Å². The van der Waals surface area contributed by atoms with E-state index in [0.29, 0.717) is 11.6 Å². The van der Waals surface area contributed by atoms with Crippen molar-refractivity contribution in [1.82, 2.24) is 19.9 Å². The molecule has 2 heterocycles. The van der Waals surface area contributed by atoms with Crippen LogP contribution in [0.3, 0.4) is 0 Å². The minimum atomic E-state index is 0.0266. The molecule has 0 radical (unpaired) electrons. The number of hydrogen-bond acceptors (Lipinski definition) is 5. The fourth-order valence-electron chi connectivity index (χ4n) is 2.15. The molecule has 0 aromatic carbocycles. The quantitative estimate of drug-likeness (QED) is 0.746. The highest BCUT2D eigenvalue weighted by Gasteiger charge is 2.38. The number of fused-ring (bicyclic) bond motifs is 1. The zero-order chi connectivity index (χ0) is 12.0. The van der Waals surface area contributed by atoms with Gasteiger partial charge in [-0.1, -0.05) is 0 Å². The molecule has 0 amide bonds. The number of hydrogen-bond donors (Lipinski definition) is 3. The number of aromatic amines is 1. The summed E-state index contributed by atoms with van der Waals surface area (Å²) in [5, 5.41) is 3.45. The van der Waals surface area contributed by atoms with Crippen molar-refractivity contribution < 1.29 is 0 Å². The molecule has 1 saturated carbocycles. The molecule has 2 aromatic rings. The number of nitrogens with two attached hydrogens (primary N) is 1. The highest BCUT2D eigenvalue weighted by molar-refractivity contribution is 5.83. The summed E-state index contributed by atoms with van der Waals surface area (Å²) in [6.07, 6.45) is 4.15. The van der Waals surface area contributed by atoms with Gasteiger partial charge in [0.15, 0.2) is 11.5 Å². The zero-order valence-corrected chi connectivity index (χ0v) is 9.99. The highest BCUT2D eigenvalue weighted by atomic mass is 15.2. The Labute approximate surface area is 99.1 Å². The summed E-state index contributed by atoms with van der Waals surface area (Å²) in [5.74, 6) is 1.69. The van der Waals surface area contributed by atoms with Crippen molar-refractivity contribution in [2.75, 3.05) is 11.1 Å². The normalized spacial score (nSPS) is 16.4. The van der Waals surface area contributed by atoms with E-state index in [9.17, 15) is 0 Å². The average Bonchev–Trinajstić information content (AvgIpc) is 2.99. The van der Waals surface area contributed by atoms with E-state index in [-0.39, 0.29) is 11.5 Å². The lowest BCUT2D eigenvalue weighted by Crippen LogP contribution is -2.34. The predicted molar refractivity (Wildman–Crippen MR) is 66.5 cm³/mol. The van der Waals surface area contributed by atoms with Gasteiger partial charge >= 0.3 is 0 Å². The molecule has 0 unspecified atom stereocenters. The predicted octanol–water partition coefficient (Wildman–Crippen LogP) is 1.54. The second-order valence-electron chi connectivity index (χ2n) is 5.15. The Hall–Kier alpha value is -1.85. The maximum Gasteiger partial charge on any atom is 0.224 e. The highest BCUT2D eigenvalue weighted by Crippen LogP contribution is 2.41. The molecule has 6 heteroatoms. The largest absolute Gasteiger partial charge is 0.368 e. The molecule has 90 valence electrons. The van der Waals surface area contributed by atoms with Gasteiger partial charge in [-0.05, 0) is 32.6 Å². The van der Waals surface area contributed by atoms with Crippen LogP contribution in [0.4, 0.5) is 11.8 Å². The first-order valence-corrected chi connectivity index (χ1v) is 5.81. The average molecular weight is 232 g/mol. The van der Waals surface area contributed by atoms with E-state index in [1.165, 1.54) is 12.8 Å². The Morgan fingerprint density at radius 3 is 2.88 bits per heavy atom. The molecule has 6 nitrogen and oxygen atoms in total. The smallest absolute Gasteiger partial charge is 0.224 e. The molecule has 0 atom stereocenters. The van der Waals surface area contributed by atoms with Crippen LogP contribution in [0, 0.1) is 5.92 Å². The van der Waals surface area contributed by atoms with Crippen molar-refractivity contribution in [3.8, 4) is 0 Å². The Balaban J connectivity index is 2.01. The molecule has 1 aliphatic carbocycles. The van der Waals surface area contributed by atoms with Gasteiger partial charge in [-0.2, -0.15) is 9.97 Å². The van der Waals surface area contributed by atoms with Crippen LogP contribution < -0.4 is 11.1 Å². The molecule has 0 aliphatic heterocycles. The van der Waals surface area contributed by atoms with Gasteiger partial charge in [0.2, 0.25) is 5.95 Å². The van der Waals surface area contributed by atoms with Gasteiger partial charge in [0.1, 0.15) is 5.52 Å². The molecule has 4 N–H and O–H groups in total. The summed E-state index contributed by atoms with van der Waals surface area (Å²) in [7, 11) is 0. The van der Waals surface area contributed by atoms with E-state index < -0.39 is 0 Å². The number of rotatable bonds is 3. The van der Waals surface area contributed by atoms with Gasteiger partial charge in [-0.3, -0.25) is 0 Å². The molecule has 0 spiro atoms. The van der Waals surface area contributed by atoms with Gasteiger partial charge in [0, 0.05) is 5.54 Å². The Bertz CT molecular complexity index is 554. The second-order valence-corrected chi connectivity index (χ2v) is 5.15. The Morgan fingerprint density at radius 2 is 2.18 bits per heavy atom. The van der Waals surface area contributed by atoms with Crippen molar-refractivity contribution in [3.63, 3.8) is 0 Å². The number of nitrogen functional groups attached to an aromatic ring is 1. The summed E-state index contributed by atoms with van der Waals surface area (Å²) in [4.78, 5) is 15.5.